The second-order valence-electron chi connectivity index (χ2n) is 6.18. The number of hydrogen-bond acceptors (Lipinski definition) is 2. The van der Waals surface area contributed by atoms with Crippen molar-refractivity contribution >= 4 is 5.91 Å². The first-order valence-corrected chi connectivity index (χ1v) is 8.05. The van der Waals surface area contributed by atoms with Crippen molar-refractivity contribution in [3.05, 3.63) is 59.0 Å². The normalized spacial score (nSPS) is 15.2. The average Bonchev–Trinajstić information content (AvgIpc) is 3.07. The molecular formula is C19H23NO2. The van der Waals surface area contributed by atoms with Crippen molar-refractivity contribution in [2.75, 3.05) is 7.05 Å². The molecule has 1 heterocycles. The van der Waals surface area contributed by atoms with Gasteiger partial charge in [0.1, 0.15) is 5.76 Å². The van der Waals surface area contributed by atoms with Crippen molar-refractivity contribution in [1.82, 2.24) is 4.90 Å². The minimum absolute atomic E-state index is 0.0415. The maximum Gasteiger partial charge on any atom is 0.227 e. The van der Waals surface area contributed by atoms with Gasteiger partial charge in [-0.05, 0) is 61.4 Å². The highest BCUT2D eigenvalue weighted by Gasteiger charge is 2.20. The quantitative estimate of drug-likeness (QED) is 0.857. The number of fused-ring (bicyclic) bond motifs is 1. The molecule has 2 aromatic rings. The van der Waals surface area contributed by atoms with E-state index in [9.17, 15) is 4.79 Å². The molecule has 0 saturated heterocycles. The van der Waals surface area contributed by atoms with Gasteiger partial charge in [0.2, 0.25) is 5.91 Å². The van der Waals surface area contributed by atoms with Crippen LogP contribution in [0.5, 0.6) is 0 Å². The van der Waals surface area contributed by atoms with E-state index in [-0.39, 0.29) is 11.9 Å². The molecule has 1 aromatic heterocycles. The molecule has 0 saturated carbocycles. The summed E-state index contributed by atoms with van der Waals surface area (Å²) in [7, 11) is 1.84. The number of rotatable bonds is 4. The minimum Gasteiger partial charge on any atom is -0.467 e. The van der Waals surface area contributed by atoms with Crippen LogP contribution in [0.15, 0.2) is 41.0 Å². The average molecular weight is 297 g/mol. The molecule has 1 amide bonds. The summed E-state index contributed by atoms with van der Waals surface area (Å²) >= 11 is 0. The predicted octanol–water partition coefficient (Wildman–Crippen LogP) is 3.92. The fraction of sp³-hybridized carbons (Fsp3) is 0.421. The van der Waals surface area contributed by atoms with Crippen LogP contribution in [0.2, 0.25) is 0 Å². The molecule has 0 aliphatic heterocycles. The molecule has 1 unspecified atom stereocenters. The van der Waals surface area contributed by atoms with Crippen LogP contribution in [0.3, 0.4) is 0 Å². The summed E-state index contributed by atoms with van der Waals surface area (Å²) in [5.74, 6) is 0.945. The lowest BCUT2D eigenvalue weighted by Gasteiger charge is -2.24. The van der Waals surface area contributed by atoms with Crippen LogP contribution in [0, 0.1) is 0 Å². The number of amides is 1. The lowest BCUT2D eigenvalue weighted by atomic mass is 9.90. The van der Waals surface area contributed by atoms with Gasteiger partial charge in [0, 0.05) is 7.05 Å². The van der Waals surface area contributed by atoms with Crippen molar-refractivity contribution < 1.29 is 9.21 Å². The Morgan fingerprint density at radius 1 is 1.23 bits per heavy atom. The number of hydrogen-bond donors (Lipinski definition) is 0. The highest BCUT2D eigenvalue weighted by molar-refractivity contribution is 5.79. The van der Waals surface area contributed by atoms with Crippen molar-refractivity contribution in [1.29, 1.82) is 0 Å². The Hall–Kier alpha value is -2.03. The zero-order valence-corrected chi connectivity index (χ0v) is 13.3. The second kappa shape index (κ2) is 6.39. The number of benzene rings is 1. The largest absolute Gasteiger partial charge is 0.467 e. The predicted molar refractivity (Wildman–Crippen MR) is 86.7 cm³/mol. The van der Waals surface area contributed by atoms with Crippen molar-refractivity contribution in [2.45, 2.75) is 45.1 Å². The molecule has 1 aliphatic rings. The molecule has 3 nitrogen and oxygen atoms in total. The van der Waals surface area contributed by atoms with E-state index in [1.807, 2.05) is 26.1 Å². The molecule has 1 aromatic carbocycles. The molecular weight excluding hydrogens is 274 g/mol. The van der Waals surface area contributed by atoms with Crippen LogP contribution in [0.25, 0.3) is 0 Å². The first kappa shape index (κ1) is 14.9. The number of carbonyl (C=O) groups excluding carboxylic acids is 1. The number of nitrogens with zero attached hydrogens (tertiary/aromatic N) is 1. The molecule has 0 N–H and O–H groups in total. The van der Waals surface area contributed by atoms with Gasteiger partial charge >= 0.3 is 0 Å². The second-order valence-corrected chi connectivity index (χ2v) is 6.18. The lowest BCUT2D eigenvalue weighted by molar-refractivity contribution is -0.131. The zero-order chi connectivity index (χ0) is 15.5. The summed E-state index contributed by atoms with van der Waals surface area (Å²) in [6, 6.07) is 10.2. The summed E-state index contributed by atoms with van der Waals surface area (Å²) < 4.78 is 5.40. The maximum atomic E-state index is 12.5. The van der Waals surface area contributed by atoms with E-state index in [2.05, 4.69) is 18.2 Å². The summed E-state index contributed by atoms with van der Waals surface area (Å²) in [5, 5.41) is 0. The lowest BCUT2D eigenvalue weighted by Crippen LogP contribution is -2.30. The topological polar surface area (TPSA) is 33.5 Å². The Kier molecular flexibility index (Phi) is 4.32. The van der Waals surface area contributed by atoms with Gasteiger partial charge in [-0.2, -0.15) is 0 Å². The van der Waals surface area contributed by atoms with Gasteiger partial charge in [0.05, 0.1) is 18.7 Å². The van der Waals surface area contributed by atoms with Gasteiger partial charge in [0.25, 0.3) is 0 Å². The van der Waals surface area contributed by atoms with Crippen molar-refractivity contribution in [3.63, 3.8) is 0 Å². The Balaban J connectivity index is 1.68. The van der Waals surface area contributed by atoms with E-state index in [0.29, 0.717) is 6.42 Å². The Morgan fingerprint density at radius 2 is 2.00 bits per heavy atom. The van der Waals surface area contributed by atoms with Crippen LogP contribution in [-0.2, 0) is 24.1 Å². The van der Waals surface area contributed by atoms with Gasteiger partial charge in [-0.1, -0.05) is 18.2 Å². The van der Waals surface area contributed by atoms with E-state index < -0.39 is 0 Å². The molecule has 1 atom stereocenters. The maximum absolute atomic E-state index is 12.5. The Bertz CT molecular complexity index is 645. The van der Waals surface area contributed by atoms with E-state index in [0.717, 1.165) is 17.7 Å². The van der Waals surface area contributed by atoms with Gasteiger partial charge in [-0.3, -0.25) is 4.79 Å². The molecule has 0 radical (unpaired) electrons. The van der Waals surface area contributed by atoms with E-state index >= 15 is 0 Å². The fourth-order valence-corrected chi connectivity index (χ4v) is 3.13. The third-order valence-electron chi connectivity index (χ3n) is 4.70. The van der Waals surface area contributed by atoms with Crippen LogP contribution >= 0.6 is 0 Å². The Morgan fingerprint density at radius 3 is 2.73 bits per heavy atom. The number of furan rings is 1. The third kappa shape index (κ3) is 3.08. The molecule has 3 rings (SSSR count). The van der Waals surface area contributed by atoms with E-state index in [1.54, 1.807) is 11.2 Å². The molecule has 22 heavy (non-hydrogen) atoms. The van der Waals surface area contributed by atoms with Crippen LogP contribution in [0.4, 0.5) is 0 Å². The summed E-state index contributed by atoms with van der Waals surface area (Å²) in [5.41, 5.74) is 4.00. The summed E-state index contributed by atoms with van der Waals surface area (Å²) in [4.78, 5) is 14.3. The van der Waals surface area contributed by atoms with Gasteiger partial charge in [0.15, 0.2) is 0 Å². The molecule has 0 bridgehead atoms. The van der Waals surface area contributed by atoms with E-state index in [1.165, 1.54) is 30.4 Å². The smallest absolute Gasteiger partial charge is 0.227 e. The number of carbonyl (C=O) groups is 1. The van der Waals surface area contributed by atoms with Gasteiger partial charge in [-0.25, -0.2) is 0 Å². The van der Waals surface area contributed by atoms with Crippen LogP contribution in [0.1, 0.15) is 48.3 Å². The SMILES string of the molecule is CC(c1ccco1)N(C)C(=O)Cc1ccc2c(c1)CCCC2. The summed E-state index contributed by atoms with van der Waals surface area (Å²) in [6.45, 7) is 1.99. The molecule has 0 fully saturated rings. The fourth-order valence-electron chi connectivity index (χ4n) is 3.13. The Labute approximate surface area is 131 Å². The highest BCUT2D eigenvalue weighted by atomic mass is 16.3. The monoisotopic (exact) mass is 297 g/mol. The molecule has 0 spiro atoms. The van der Waals surface area contributed by atoms with Crippen molar-refractivity contribution in [2.24, 2.45) is 0 Å². The first-order chi connectivity index (χ1) is 10.6. The van der Waals surface area contributed by atoms with Gasteiger partial charge < -0.3 is 9.32 Å². The van der Waals surface area contributed by atoms with Gasteiger partial charge in [-0.15, -0.1) is 0 Å². The highest BCUT2D eigenvalue weighted by Crippen LogP contribution is 2.24. The minimum atomic E-state index is -0.0415. The molecule has 116 valence electrons. The summed E-state index contributed by atoms with van der Waals surface area (Å²) in [6.07, 6.45) is 6.98. The first-order valence-electron chi connectivity index (χ1n) is 8.05. The third-order valence-corrected chi connectivity index (χ3v) is 4.70. The number of aryl methyl sites for hydroxylation is 2. The van der Waals surface area contributed by atoms with Crippen LogP contribution in [-0.4, -0.2) is 17.9 Å². The standard InChI is InChI=1S/C19H23NO2/c1-14(18-8-5-11-22-18)20(2)19(21)13-15-9-10-16-6-3-4-7-17(16)12-15/h5,8-12,14H,3-4,6-7,13H2,1-2H3. The molecule has 1 aliphatic carbocycles. The number of likely N-dealkylation sites (N-methyl/N-ethyl adjacent to an activating group) is 1. The van der Waals surface area contributed by atoms with Crippen LogP contribution < -0.4 is 0 Å². The zero-order valence-electron chi connectivity index (χ0n) is 13.3. The molecule has 3 heteroatoms. The van der Waals surface area contributed by atoms with Crippen molar-refractivity contribution in [3.8, 4) is 0 Å². The van der Waals surface area contributed by atoms with E-state index in [4.69, 9.17) is 4.42 Å².